The molecule has 1 saturated heterocycles. The van der Waals surface area contributed by atoms with Crippen LogP contribution in [0.2, 0.25) is 0 Å². The standard InChI is InChI=1S/C19H24N4O4/c1-2-19(13-8-4-3-5-9-13)16(25)23(18(27)22-19)12-15(24)21-17(26)20-14-10-6-7-11-14/h3-5,8-9,14H,2,6-7,10-12H2,1H3,(H,22,27)(H2,20,21,24,26)/t19-/m1/s1. The first-order valence-electron chi connectivity index (χ1n) is 9.26. The first-order chi connectivity index (χ1) is 13.0. The molecular formula is C19H24N4O4. The number of nitrogens with zero attached hydrogens (tertiary/aromatic N) is 1. The van der Waals surface area contributed by atoms with E-state index in [4.69, 9.17) is 0 Å². The first kappa shape index (κ1) is 18.9. The Labute approximate surface area is 157 Å². The van der Waals surface area contributed by atoms with E-state index in [1.807, 2.05) is 6.07 Å². The summed E-state index contributed by atoms with van der Waals surface area (Å²) < 4.78 is 0. The summed E-state index contributed by atoms with van der Waals surface area (Å²) in [6.07, 6.45) is 4.25. The van der Waals surface area contributed by atoms with Crippen LogP contribution in [0.4, 0.5) is 9.59 Å². The van der Waals surface area contributed by atoms with Gasteiger partial charge >= 0.3 is 12.1 Å². The largest absolute Gasteiger partial charge is 0.335 e. The van der Waals surface area contributed by atoms with Crippen molar-refractivity contribution < 1.29 is 19.2 Å². The molecule has 8 heteroatoms. The second-order valence-corrected chi connectivity index (χ2v) is 6.95. The number of amides is 6. The molecule has 144 valence electrons. The van der Waals surface area contributed by atoms with Crippen molar-refractivity contribution in [2.75, 3.05) is 6.54 Å². The zero-order valence-electron chi connectivity index (χ0n) is 15.3. The highest BCUT2D eigenvalue weighted by Crippen LogP contribution is 2.32. The normalized spacial score (nSPS) is 22.6. The Balaban J connectivity index is 1.64. The zero-order valence-corrected chi connectivity index (χ0v) is 15.3. The van der Waals surface area contributed by atoms with Crippen molar-refractivity contribution in [3.05, 3.63) is 35.9 Å². The lowest BCUT2D eigenvalue weighted by molar-refractivity contribution is -0.135. The summed E-state index contributed by atoms with van der Waals surface area (Å²) in [7, 11) is 0. The van der Waals surface area contributed by atoms with Gasteiger partial charge in [0.2, 0.25) is 5.91 Å². The summed E-state index contributed by atoms with van der Waals surface area (Å²) in [5.41, 5.74) is -0.530. The molecule has 3 N–H and O–H groups in total. The predicted octanol–water partition coefficient (Wildman–Crippen LogP) is 1.61. The minimum Gasteiger partial charge on any atom is -0.335 e. The van der Waals surface area contributed by atoms with Gasteiger partial charge in [-0.2, -0.15) is 0 Å². The van der Waals surface area contributed by atoms with Gasteiger partial charge in [-0.1, -0.05) is 50.1 Å². The molecule has 27 heavy (non-hydrogen) atoms. The number of nitrogens with one attached hydrogen (secondary N) is 3. The molecular weight excluding hydrogens is 348 g/mol. The van der Waals surface area contributed by atoms with Gasteiger partial charge < -0.3 is 10.6 Å². The first-order valence-corrected chi connectivity index (χ1v) is 9.26. The Morgan fingerprint density at radius 2 is 1.85 bits per heavy atom. The molecule has 0 unspecified atom stereocenters. The smallest absolute Gasteiger partial charge is 0.325 e. The molecule has 0 spiro atoms. The van der Waals surface area contributed by atoms with Crippen LogP contribution in [0.25, 0.3) is 0 Å². The van der Waals surface area contributed by atoms with Crippen LogP contribution < -0.4 is 16.0 Å². The lowest BCUT2D eigenvalue weighted by Gasteiger charge is -2.25. The molecule has 2 fully saturated rings. The van der Waals surface area contributed by atoms with Gasteiger partial charge in [0.1, 0.15) is 12.1 Å². The molecule has 1 aromatic rings. The summed E-state index contributed by atoms with van der Waals surface area (Å²) in [5.74, 6) is -1.19. The van der Waals surface area contributed by atoms with Crippen molar-refractivity contribution in [2.24, 2.45) is 0 Å². The maximum absolute atomic E-state index is 12.9. The van der Waals surface area contributed by atoms with E-state index in [1.54, 1.807) is 31.2 Å². The van der Waals surface area contributed by atoms with Crippen LogP contribution in [0.15, 0.2) is 30.3 Å². The van der Waals surface area contributed by atoms with Crippen molar-refractivity contribution in [1.29, 1.82) is 0 Å². The minimum atomic E-state index is -1.19. The molecule has 1 aliphatic carbocycles. The molecule has 0 bridgehead atoms. The van der Waals surface area contributed by atoms with Crippen molar-refractivity contribution in [3.8, 4) is 0 Å². The Bertz CT molecular complexity index is 745. The summed E-state index contributed by atoms with van der Waals surface area (Å²) in [6.45, 7) is 1.29. The monoisotopic (exact) mass is 372 g/mol. The van der Waals surface area contributed by atoms with Crippen LogP contribution in [-0.4, -0.2) is 41.4 Å². The van der Waals surface area contributed by atoms with Crippen molar-refractivity contribution in [3.63, 3.8) is 0 Å². The molecule has 1 saturated carbocycles. The number of benzene rings is 1. The zero-order chi connectivity index (χ0) is 19.4. The van der Waals surface area contributed by atoms with E-state index in [0.29, 0.717) is 12.0 Å². The third-order valence-electron chi connectivity index (χ3n) is 5.22. The fourth-order valence-corrected chi connectivity index (χ4v) is 3.73. The minimum absolute atomic E-state index is 0.0698. The second kappa shape index (κ2) is 7.77. The van der Waals surface area contributed by atoms with E-state index in [9.17, 15) is 19.2 Å². The number of urea groups is 2. The summed E-state index contributed by atoms with van der Waals surface area (Å²) in [5, 5.41) is 7.64. The van der Waals surface area contributed by atoms with Crippen LogP contribution in [0, 0.1) is 0 Å². The van der Waals surface area contributed by atoms with Gasteiger partial charge in [0, 0.05) is 6.04 Å². The van der Waals surface area contributed by atoms with Crippen LogP contribution in [0.3, 0.4) is 0 Å². The lowest BCUT2D eigenvalue weighted by Crippen LogP contribution is -2.48. The van der Waals surface area contributed by atoms with Crippen molar-refractivity contribution >= 4 is 23.9 Å². The van der Waals surface area contributed by atoms with Gasteiger partial charge in [-0.15, -0.1) is 0 Å². The number of rotatable bonds is 5. The van der Waals surface area contributed by atoms with Gasteiger partial charge in [-0.05, 0) is 24.8 Å². The van der Waals surface area contributed by atoms with Crippen LogP contribution >= 0.6 is 0 Å². The third-order valence-corrected chi connectivity index (χ3v) is 5.22. The van der Waals surface area contributed by atoms with Gasteiger partial charge in [0.05, 0.1) is 0 Å². The lowest BCUT2D eigenvalue weighted by atomic mass is 9.87. The molecule has 2 aliphatic rings. The molecule has 1 aliphatic heterocycles. The Morgan fingerprint density at radius 1 is 1.19 bits per heavy atom. The quantitative estimate of drug-likeness (QED) is 0.683. The average Bonchev–Trinajstić information content (AvgIpc) is 3.24. The van der Waals surface area contributed by atoms with E-state index in [0.717, 1.165) is 30.6 Å². The number of hydrogen-bond donors (Lipinski definition) is 3. The topological polar surface area (TPSA) is 108 Å². The molecule has 8 nitrogen and oxygen atoms in total. The summed E-state index contributed by atoms with van der Waals surface area (Å²) in [6, 6.07) is 7.76. The highest BCUT2D eigenvalue weighted by atomic mass is 16.2. The Morgan fingerprint density at radius 3 is 2.48 bits per heavy atom. The number of imide groups is 2. The molecule has 1 atom stereocenters. The van der Waals surface area contributed by atoms with E-state index < -0.39 is 36.0 Å². The SMILES string of the molecule is CC[C@]1(c2ccccc2)NC(=O)N(CC(=O)NC(=O)NC2CCCC2)C1=O. The fourth-order valence-electron chi connectivity index (χ4n) is 3.73. The van der Waals surface area contributed by atoms with E-state index in [1.165, 1.54) is 0 Å². The van der Waals surface area contributed by atoms with E-state index >= 15 is 0 Å². The highest BCUT2D eigenvalue weighted by Gasteiger charge is 2.51. The predicted molar refractivity (Wildman–Crippen MR) is 97.6 cm³/mol. The molecule has 1 heterocycles. The summed E-state index contributed by atoms with van der Waals surface area (Å²) >= 11 is 0. The second-order valence-electron chi connectivity index (χ2n) is 6.95. The average molecular weight is 372 g/mol. The number of carbonyl (C=O) groups excluding carboxylic acids is 4. The molecule has 0 radical (unpaired) electrons. The summed E-state index contributed by atoms with van der Waals surface area (Å²) in [4.78, 5) is 50.2. The number of carbonyl (C=O) groups is 4. The van der Waals surface area contributed by atoms with E-state index in [2.05, 4.69) is 16.0 Å². The van der Waals surface area contributed by atoms with Gasteiger partial charge in [0.15, 0.2) is 0 Å². The van der Waals surface area contributed by atoms with Crippen LogP contribution in [0.1, 0.15) is 44.6 Å². The van der Waals surface area contributed by atoms with Crippen LogP contribution in [-0.2, 0) is 15.1 Å². The maximum atomic E-state index is 12.9. The van der Waals surface area contributed by atoms with Crippen molar-refractivity contribution in [1.82, 2.24) is 20.9 Å². The third kappa shape index (κ3) is 3.79. The fraction of sp³-hybridized carbons (Fsp3) is 0.474. The Hall–Kier alpha value is -2.90. The number of hydrogen-bond acceptors (Lipinski definition) is 4. The highest BCUT2D eigenvalue weighted by molar-refractivity contribution is 6.10. The Kier molecular flexibility index (Phi) is 5.43. The maximum Gasteiger partial charge on any atom is 0.325 e. The van der Waals surface area contributed by atoms with Gasteiger partial charge in [-0.3, -0.25) is 19.8 Å². The molecule has 6 amide bonds. The van der Waals surface area contributed by atoms with E-state index in [-0.39, 0.29) is 6.04 Å². The van der Waals surface area contributed by atoms with Crippen molar-refractivity contribution in [2.45, 2.75) is 50.6 Å². The van der Waals surface area contributed by atoms with Crippen LogP contribution in [0.5, 0.6) is 0 Å². The molecule has 0 aromatic heterocycles. The molecule has 1 aromatic carbocycles. The van der Waals surface area contributed by atoms with Gasteiger partial charge in [0.25, 0.3) is 5.91 Å². The van der Waals surface area contributed by atoms with Gasteiger partial charge in [-0.25, -0.2) is 9.59 Å². The molecule has 3 rings (SSSR count).